The molecule has 0 aliphatic rings. The van der Waals surface area contributed by atoms with Gasteiger partial charge >= 0.3 is 0 Å². The van der Waals surface area contributed by atoms with Gasteiger partial charge in [-0.2, -0.15) is 5.10 Å². The normalized spacial score (nSPS) is 10.9. The summed E-state index contributed by atoms with van der Waals surface area (Å²) in [6, 6.07) is 15.9. The zero-order chi connectivity index (χ0) is 24.2. The standard InChI is InChI=1S/C26H22N6O3/c1-2-28-25(33)17-6-3-8-19(12-17)30-26(34)21-13-23(18-7-4-10-27-14-18)31-24-22(21)15-29-32(24)16-20-9-5-11-35-20/h3-15H,2,16H2,1H3,(H,28,33)(H,30,34). The number of carbonyl (C=O) groups excluding carboxylic acids is 2. The van der Waals surface area contributed by atoms with Gasteiger partial charge in [0, 0.05) is 35.8 Å². The topological polar surface area (TPSA) is 115 Å². The van der Waals surface area contributed by atoms with Crippen molar-refractivity contribution in [2.75, 3.05) is 11.9 Å². The number of pyridine rings is 2. The van der Waals surface area contributed by atoms with Gasteiger partial charge in [0.15, 0.2) is 5.65 Å². The Morgan fingerprint density at radius 2 is 1.94 bits per heavy atom. The summed E-state index contributed by atoms with van der Waals surface area (Å²) >= 11 is 0. The number of aromatic nitrogens is 4. The molecule has 0 radical (unpaired) electrons. The molecule has 9 nitrogen and oxygen atoms in total. The molecular weight excluding hydrogens is 444 g/mol. The molecule has 9 heteroatoms. The van der Waals surface area contributed by atoms with E-state index in [-0.39, 0.29) is 11.8 Å². The van der Waals surface area contributed by atoms with Crippen LogP contribution in [0.2, 0.25) is 0 Å². The fourth-order valence-electron chi connectivity index (χ4n) is 3.76. The van der Waals surface area contributed by atoms with E-state index in [4.69, 9.17) is 9.40 Å². The Morgan fingerprint density at radius 1 is 1.03 bits per heavy atom. The second-order valence-corrected chi connectivity index (χ2v) is 7.81. The van der Waals surface area contributed by atoms with Crippen LogP contribution in [-0.2, 0) is 6.54 Å². The number of rotatable bonds is 7. The highest BCUT2D eigenvalue weighted by Gasteiger charge is 2.19. The third-order valence-corrected chi connectivity index (χ3v) is 5.42. The monoisotopic (exact) mass is 466 g/mol. The number of hydrogen-bond acceptors (Lipinski definition) is 6. The summed E-state index contributed by atoms with van der Waals surface area (Å²) in [5.74, 6) is 0.179. The molecule has 4 aromatic heterocycles. The summed E-state index contributed by atoms with van der Waals surface area (Å²) in [5.41, 5.74) is 3.29. The van der Waals surface area contributed by atoms with Crippen molar-refractivity contribution in [3.63, 3.8) is 0 Å². The summed E-state index contributed by atoms with van der Waals surface area (Å²) in [4.78, 5) is 34.6. The van der Waals surface area contributed by atoms with E-state index in [2.05, 4.69) is 20.7 Å². The largest absolute Gasteiger partial charge is 0.467 e. The fraction of sp³-hybridized carbons (Fsp3) is 0.115. The van der Waals surface area contributed by atoms with Crippen LogP contribution in [0.15, 0.2) is 83.9 Å². The molecular formula is C26H22N6O3. The molecule has 5 rings (SSSR count). The maximum atomic E-state index is 13.4. The zero-order valence-electron chi connectivity index (χ0n) is 18.9. The van der Waals surface area contributed by atoms with Gasteiger partial charge in [-0.05, 0) is 55.5 Å². The number of nitrogens with zero attached hydrogens (tertiary/aromatic N) is 4. The van der Waals surface area contributed by atoms with Gasteiger partial charge in [-0.15, -0.1) is 0 Å². The summed E-state index contributed by atoms with van der Waals surface area (Å²) in [7, 11) is 0. The van der Waals surface area contributed by atoms with Crippen LogP contribution in [0.4, 0.5) is 5.69 Å². The van der Waals surface area contributed by atoms with Gasteiger partial charge in [0.1, 0.15) is 12.3 Å². The Balaban J connectivity index is 1.54. The first-order valence-corrected chi connectivity index (χ1v) is 11.1. The van der Waals surface area contributed by atoms with Crippen molar-refractivity contribution in [2.45, 2.75) is 13.5 Å². The van der Waals surface area contributed by atoms with Crippen LogP contribution in [0, 0.1) is 0 Å². The minimum atomic E-state index is -0.340. The third-order valence-electron chi connectivity index (χ3n) is 5.42. The molecule has 2 N–H and O–H groups in total. The molecule has 0 aliphatic carbocycles. The van der Waals surface area contributed by atoms with Gasteiger partial charge in [-0.1, -0.05) is 6.07 Å². The molecule has 174 valence electrons. The number of amides is 2. The summed E-state index contributed by atoms with van der Waals surface area (Å²) in [5, 5.41) is 10.7. The molecule has 0 saturated heterocycles. The van der Waals surface area contributed by atoms with E-state index in [9.17, 15) is 9.59 Å². The SMILES string of the molecule is CCNC(=O)c1cccc(NC(=O)c2cc(-c3cccnc3)nc3c2cnn3Cc2ccco2)c1. The smallest absolute Gasteiger partial charge is 0.256 e. The van der Waals surface area contributed by atoms with Crippen molar-refractivity contribution < 1.29 is 14.0 Å². The fourth-order valence-corrected chi connectivity index (χ4v) is 3.76. The van der Waals surface area contributed by atoms with Crippen molar-refractivity contribution in [2.24, 2.45) is 0 Å². The van der Waals surface area contributed by atoms with E-state index in [0.717, 1.165) is 11.3 Å². The van der Waals surface area contributed by atoms with Gasteiger partial charge in [0.2, 0.25) is 0 Å². The Bertz CT molecular complexity index is 1490. The van der Waals surface area contributed by atoms with Crippen LogP contribution < -0.4 is 10.6 Å². The highest BCUT2D eigenvalue weighted by Crippen LogP contribution is 2.26. The van der Waals surface area contributed by atoms with Crippen LogP contribution in [0.3, 0.4) is 0 Å². The molecule has 1 aromatic carbocycles. The first kappa shape index (κ1) is 22.0. The van der Waals surface area contributed by atoms with Gasteiger partial charge in [-0.3, -0.25) is 14.6 Å². The number of furan rings is 1. The van der Waals surface area contributed by atoms with Gasteiger partial charge in [-0.25, -0.2) is 9.67 Å². The zero-order valence-corrected chi connectivity index (χ0v) is 18.9. The minimum Gasteiger partial charge on any atom is -0.467 e. The second kappa shape index (κ2) is 9.60. The van der Waals surface area contributed by atoms with Crippen LogP contribution >= 0.6 is 0 Å². The van der Waals surface area contributed by atoms with Crippen LogP contribution in [0.25, 0.3) is 22.3 Å². The molecule has 0 aliphatic heterocycles. The van der Waals surface area contributed by atoms with Crippen LogP contribution in [0.1, 0.15) is 33.4 Å². The Labute approximate surface area is 200 Å². The lowest BCUT2D eigenvalue weighted by Crippen LogP contribution is -2.22. The first-order chi connectivity index (χ1) is 17.1. The van der Waals surface area contributed by atoms with E-state index in [1.54, 1.807) is 59.9 Å². The molecule has 35 heavy (non-hydrogen) atoms. The molecule has 0 bridgehead atoms. The highest BCUT2D eigenvalue weighted by molar-refractivity contribution is 6.13. The minimum absolute atomic E-state index is 0.201. The lowest BCUT2D eigenvalue weighted by molar-refractivity contribution is 0.0954. The number of benzene rings is 1. The van der Waals surface area contributed by atoms with Crippen LogP contribution in [0.5, 0.6) is 0 Å². The molecule has 0 saturated carbocycles. The van der Waals surface area contributed by atoms with E-state index in [1.807, 2.05) is 31.2 Å². The molecule has 2 amide bonds. The van der Waals surface area contributed by atoms with Crippen molar-refractivity contribution in [1.82, 2.24) is 25.1 Å². The van der Waals surface area contributed by atoms with Gasteiger partial charge in [0.05, 0.1) is 29.1 Å². The van der Waals surface area contributed by atoms with Crippen molar-refractivity contribution >= 4 is 28.5 Å². The van der Waals surface area contributed by atoms with E-state index >= 15 is 0 Å². The molecule has 0 atom stereocenters. The number of nitrogens with one attached hydrogen (secondary N) is 2. The number of anilines is 1. The van der Waals surface area contributed by atoms with Crippen molar-refractivity contribution in [3.05, 3.63) is 96.3 Å². The van der Waals surface area contributed by atoms with E-state index in [0.29, 0.717) is 46.6 Å². The first-order valence-electron chi connectivity index (χ1n) is 11.1. The number of hydrogen-bond donors (Lipinski definition) is 2. The van der Waals surface area contributed by atoms with Gasteiger partial charge in [0.25, 0.3) is 11.8 Å². The molecule has 0 fully saturated rings. The molecule has 4 heterocycles. The Morgan fingerprint density at radius 3 is 2.71 bits per heavy atom. The summed E-state index contributed by atoms with van der Waals surface area (Å²) < 4.78 is 7.16. The predicted octanol–water partition coefficient (Wildman–Crippen LogP) is 4.14. The quantitative estimate of drug-likeness (QED) is 0.373. The summed E-state index contributed by atoms with van der Waals surface area (Å²) in [6.07, 6.45) is 6.60. The van der Waals surface area contributed by atoms with Crippen molar-refractivity contribution in [1.29, 1.82) is 0 Å². The lowest BCUT2D eigenvalue weighted by Gasteiger charge is -2.10. The van der Waals surface area contributed by atoms with Gasteiger partial charge < -0.3 is 15.1 Å². The van der Waals surface area contributed by atoms with Crippen molar-refractivity contribution in [3.8, 4) is 11.3 Å². The predicted molar refractivity (Wildman–Crippen MR) is 131 cm³/mol. The number of fused-ring (bicyclic) bond motifs is 1. The second-order valence-electron chi connectivity index (χ2n) is 7.81. The Kier molecular flexibility index (Phi) is 6.04. The van der Waals surface area contributed by atoms with Crippen LogP contribution in [-0.4, -0.2) is 38.1 Å². The maximum absolute atomic E-state index is 13.4. The average molecular weight is 467 g/mol. The highest BCUT2D eigenvalue weighted by atomic mass is 16.3. The average Bonchev–Trinajstić information content (AvgIpc) is 3.55. The summed E-state index contributed by atoms with van der Waals surface area (Å²) in [6.45, 7) is 2.74. The van der Waals surface area contributed by atoms with E-state index < -0.39 is 0 Å². The molecule has 0 unspecified atom stereocenters. The number of carbonyl (C=O) groups is 2. The molecule has 0 spiro atoms. The Hall–Kier alpha value is -4.79. The third kappa shape index (κ3) is 4.65. The van der Waals surface area contributed by atoms with E-state index in [1.165, 1.54) is 0 Å². The lowest BCUT2D eigenvalue weighted by atomic mass is 10.1. The maximum Gasteiger partial charge on any atom is 0.256 e. The molecule has 5 aromatic rings.